The Morgan fingerprint density at radius 2 is 1.45 bits per heavy atom. The minimum atomic E-state index is -0.840. The van der Waals surface area contributed by atoms with Crippen molar-refractivity contribution in [2.45, 2.75) is 32.9 Å². The third-order valence-electron chi connectivity index (χ3n) is 5.24. The van der Waals surface area contributed by atoms with Crippen molar-refractivity contribution in [1.29, 1.82) is 0 Å². The second kappa shape index (κ2) is 10.7. The first-order valence-corrected chi connectivity index (χ1v) is 10.6. The number of aliphatic carboxylic acids is 1. The van der Waals surface area contributed by atoms with E-state index in [1.807, 2.05) is 12.1 Å². The number of anilines is 1. The molecule has 0 spiro atoms. The molecule has 0 saturated carbocycles. The van der Waals surface area contributed by atoms with Gasteiger partial charge in [0.25, 0.3) is 0 Å². The van der Waals surface area contributed by atoms with Crippen molar-refractivity contribution in [1.82, 2.24) is 5.32 Å². The summed E-state index contributed by atoms with van der Waals surface area (Å²) in [6.45, 7) is 5.65. The van der Waals surface area contributed by atoms with E-state index in [9.17, 15) is 9.18 Å². The van der Waals surface area contributed by atoms with Gasteiger partial charge in [-0.25, -0.2) is 4.39 Å². The van der Waals surface area contributed by atoms with Crippen molar-refractivity contribution in [3.63, 3.8) is 0 Å². The summed E-state index contributed by atoms with van der Waals surface area (Å²) in [7, 11) is 0. The molecule has 5 heteroatoms. The molecule has 0 unspecified atom stereocenters. The Bertz CT molecular complexity index is 968. The van der Waals surface area contributed by atoms with Crippen molar-refractivity contribution in [2.75, 3.05) is 18.0 Å². The molecule has 162 valence electrons. The van der Waals surface area contributed by atoms with E-state index >= 15 is 0 Å². The molecular weight excluding hydrogens is 391 g/mol. The SMILES string of the molecule is CC(C)N(Cc1ccc(-c2ccc(CCNCC(=O)O)cc2)cc1)c1ccc(F)cc1. The van der Waals surface area contributed by atoms with E-state index in [4.69, 9.17) is 5.11 Å². The lowest BCUT2D eigenvalue weighted by molar-refractivity contribution is -0.135. The molecule has 0 amide bonds. The van der Waals surface area contributed by atoms with Gasteiger partial charge in [0.15, 0.2) is 0 Å². The molecule has 3 rings (SSSR count). The van der Waals surface area contributed by atoms with Crippen LogP contribution in [-0.2, 0) is 17.8 Å². The Balaban J connectivity index is 1.62. The average Bonchev–Trinajstić information content (AvgIpc) is 2.76. The number of nitrogens with one attached hydrogen (secondary N) is 1. The van der Waals surface area contributed by atoms with Gasteiger partial charge in [0.05, 0.1) is 6.54 Å². The third kappa shape index (κ3) is 6.66. The Labute approximate surface area is 183 Å². The summed E-state index contributed by atoms with van der Waals surface area (Å²) in [5, 5.41) is 11.6. The van der Waals surface area contributed by atoms with Gasteiger partial charge in [-0.05, 0) is 73.3 Å². The number of halogens is 1. The summed E-state index contributed by atoms with van der Waals surface area (Å²) in [6, 6.07) is 23.8. The van der Waals surface area contributed by atoms with Crippen molar-refractivity contribution >= 4 is 11.7 Å². The van der Waals surface area contributed by atoms with Gasteiger partial charge < -0.3 is 15.3 Å². The summed E-state index contributed by atoms with van der Waals surface area (Å²) in [4.78, 5) is 12.8. The van der Waals surface area contributed by atoms with E-state index in [1.54, 1.807) is 0 Å². The first kappa shape index (κ1) is 22.5. The van der Waals surface area contributed by atoms with Crippen molar-refractivity contribution in [3.8, 4) is 11.1 Å². The summed E-state index contributed by atoms with van der Waals surface area (Å²) < 4.78 is 13.3. The summed E-state index contributed by atoms with van der Waals surface area (Å²) in [6.07, 6.45) is 0.793. The van der Waals surface area contributed by atoms with Crippen molar-refractivity contribution < 1.29 is 14.3 Å². The number of benzene rings is 3. The second-order valence-corrected chi connectivity index (χ2v) is 7.91. The highest BCUT2D eigenvalue weighted by atomic mass is 19.1. The number of hydrogen-bond acceptors (Lipinski definition) is 3. The lowest BCUT2D eigenvalue weighted by Gasteiger charge is -2.29. The van der Waals surface area contributed by atoms with Gasteiger partial charge in [-0.2, -0.15) is 0 Å². The van der Waals surface area contributed by atoms with Gasteiger partial charge in [0, 0.05) is 18.3 Å². The molecular formula is C26H29FN2O2. The molecule has 0 bridgehead atoms. The topological polar surface area (TPSA) is 52.6 Å². The first-order valence-electron chi connectivity index (χ1n) is 10.6. The fourth-order valence-corrected chi connectivity index (χ4v) is 3.50. The predicted octanol–water partition coefficient (Wildman–Crippen LogP) is 5.12. The van der Waals surface area contributed by atoms with Crippen molar-refractivity contribution in [2.24, 2.45) is 0 Å². The maximum Gasteiger partial charge on any atom is 0.317 e. The van der Waals surface area contributed by atoms with Crippen LogP contribution in [0.1, 0.15) is 25.0 Å². The largest absolute Gasteiger partial charge is 0.480 e. The lowest BCUT2D eigenvalue weighted by atomic mass is 10.0. The molecule has 0 aliphatic rings. The van der Waals surface area contributed by atoms with E-state index in [0.29, 0.717) is 12.6 Å². The van der Waals surface area contributed by atoms with Gasteiger partial charge in [0.2, 0.25) is 0 Å². The van der Waals surface area contributed by atoms with E-state index in [-0.39, 0.29) is 12.4 Å². The molecule has 0 saturated heterocycles. The highest BCUT2D eigenvalue weighted by Gasteiger charge is 2.11. The Morgan fingerprint density at radius 1 is 0.903 bits per heavy atom. The minimum absolute atomic E-state index is 0.0141. The summed E-state index contributed by atoms with van der Waals surface area (Å²) in [5.74, 6) is -1.06. The lowest BCUT2D eigenvalue weighted by Crippen LogP contribution is -2.30. The maximum absolute atomic E-state index is 13.3. The van der Waals surface area contributed by atoms with E-state index in [2.05, 4.69) is 72.6 Å². The minimum Gasteiger partial charge on any atom is -0.480 e. The van der Waals surface area contributed by atoms with Crippen LogP contribution in [0.25, 0.3) is 11.1 Å². The van der Waals surface area contributed by atoms with Crippen LogP contribution in [0.4, 0.5) is 10.1 Å². The van der Waals surface area contributed by atoms with Crippen LogP contribution in [0.2, 0.25) is 0 Å². The van der Waals surface area contributed by atoms with Crippen molar-refractivity contribution in [3.05, 3.63) is 89.7 Å². The molecule has 0 aromatic heterocycles. The van der Waals surface area contributed by atoms with Gasteiger partial charge in [0.1, 0.15) is 5.82 Å². The number of carboxylic acids is 1. The summed E-state index contributed by atoms with van der Waals surface area (Å²) in [5.41, 5.74) is 5.67. The van der Waals surface area contributed by atoms with E-state index in [1.165, 1.54) is 23.3 Å². The smallest absolute Gasteiger partial charge is 0.317 e. The molecule has 3 aromatic rings. The molecule has 3 aromatic carbocycles. The third-order valence-corrected chi connectivity index (χ3v) is 5.24. The second-order valence-electron chi connectivity index (χ2n) is 7.91. The predicted molar refractivity (Wildman–Crippen MR) is 124 cm³/mol. The monoisotopic (exact) mass is 420 g/mol. The van der Waals surface area contributed by atoms with Gasteiger partial charge in [-0.1, -0.05) is 48.5 Å². The molecule has 0 fully saturated rings. The van der Waals surface area contributed by atoms with Gasteiger partial charge in [-0.3, -0.25) is 4.79 Å². The van der Waals surface area contributed by atoms with Gasteiger partial charge in [-0.15, -0.1) is 0 Å². The molecule has 31 heavy (non-hydrogen) atoms. The zero-order valence-corrected chi connectivity index (χ0v) is 18.0. The average molecular weight is 421 g/mol. The number of rotatable bonds is 10. The Morgan fingerprint density at radius 3 is 1.97 bits per heavy atom. The van der Waals surface area contributed by atoms with Crippen LogP contribution < -0.4 is 10.2 Å². The van der Waals surface area contributed by atoms with E-state index < -0.39 is 5.97 Å². The fraction of sp³-hybridized carbons (Fsp3) is 0.269. The van der Waals surface area contributed by atoms with Crippen LogP contribution in [0.15, 0.2) is 72.8 Å². The van der Waals surface area contributed by atoms with Gasteiger partial charge >= 0.3 is 5.97 Å². The van der Waals surface area contributed by atoms with Crippen LogP contribution in [0, 0.1) is 5.82 Å². The zero-order valence-electron chi connectivity index (χ0n) is 18.0. The number of carbonyl (C=O) groups is 1. The molecule has 0 heterocycles. The molecule has 4 nitrogen and oxygen atoms in total. The number of nitrogens with zero attached hydrogens (tertiary/aromatic N) is 1. The highest BCUT2D eigenvalue weighted by molar-refractivity contribution is 5.69. The zero-order chi connectivity index (χ0) is 22.2. The van der Waals surface area contributed by atoms with Crippen LogP contribution in [-0.4, -0.2) is 30.2 Å². The molecule has 2 N–H and O–H groups in total. The first-order chi connectivity index (χ1) is 14.9. The van der Waals surface area contributed by atoms with Crippen LogP contribution in [0.5, 0.6) is 0 Å². The fourth-order valence-electron chi connectivity index (χ4n) is 3.50. The van der Waals surface area contributed by atoms with Crippen LogP contribution in [0.3, 0.4) is 0 Å². The number of hydrogen-bond donors (Lipinski definition) is 2. The highest BCUT2D eigenvalue weighted by Crippen LogP contribution is 2.24. The molecule has 0 atom stereocenters. The van der Waals surface area contributed by atoms with Crippen LogP contribution >= 0.6 is 0 Å². The standard InChI is InChI=1S/C26H29FN2O2/c1-19(2)29(25-13-11-24(27)12-14-25)18-21-5-9-23(10-6-21)22-7-3-20(4-8-22)15-16-28-17-26(30)31/h3-14,19,28H,15-18H2,1-2H3,(H,30,31). The quantitative estimate of drug-likeness (QED) is 0.447. The Hall–Kier alpha value is -3.18. The molecule has 0 aliphatic carbocycles. The van der Waals surface area contributed by atoms with E-state index in [0.717, 1.165) is 29.8 Å². The molecule has 0 radical (unpaired) electrons. The maximum atomic E-state index is 13.3. The molecule has 0 aliphatic heterocycles. The normalized spacial score (nSPS) is 11.0. The summed E-state index contributed by atoms with van der Waals surface area (Å²) >= 11 is 0. The Kier molecular flexibility index (Phi) is 7.79. The number of carboxylic acid groups (broad SMARTS) is 1.